The zero-order valence-electron chi connectivity index (χ0n) is 18.4. The van der Waals surface area contributed by atoms with Gasteiger partial charge >= 0.3 is 0 Å². The van der Waals surface area contributed by atoms with Crippen LogP contribution in [0.4, 0.5) is 0 Å². The molecule has 2 bridgehead atoms. The summed E-state index contributed by atoms with van der Waals surface area (Å²) in [6.07, 6.45) is 4.35. The van der Waals surface area contributed by atoms with Crippen LogP contribution in [-0.2, 0) is 0 Å². The van der Waals surface area contributed by atoms with E-state index in [9.17, 15) is 0 Å². The van der Waals surface area contributed by atoms with Crippen molar-refractivity contribution >= 4 is 0 Å². The fraction of sp³-hybridized carbons (Fsp3) is 0.556. The summed E-state index contributed by atoms with van der Waals surface area (Å²) in [6.45, 7) is 10.5. The number of benzene rings is 2. The Morgan fingerprint density at radius 1 is 0.897 bits per heavy atom. The lowest BCUT2D eigenvalue weighted by molar-refractivity contribution is -0.103. The van der Waals surface area contributed by atoms with Crippen molar-refractivity contribution in [1.82, 2.24) is 10.6 Å². The first-order valence-corrected chi connectivity index (χ1v) is 11.6. The highest BCUT2D eigenvalue weighted by Crippen LogP contribution is 2.61. The van der Waals surface area contributed by atoms with Gasteiger partial charge in [0.15, 0.2) is 0 Å². The van der Waals surface area contributed by atoms with E-state index in [0.29, 0.717) is 17.4 Å². The molecule has 2 aromatic carbocycles. The van der Waals surface area contributed by atoms with Crippen LogP contribution in [-0.4, -0.2) is 25.7 Å². The first-order chi connectivity index (χ1) is 14.1. The van der Waals surface area contributed by atoms with Crippen LogP contribution >= 0.6 is 0 Å². The number of fused-ring (bicyclic) bond motifs is 2. The standard InChI is InChI=1S/C27H38N2/c1-20(17-28-18-23-14-15-24-16-26(23)27(24,2)3)29-19-25(21-10-6-4-7-11-21)22-12-8-5-9-13-22/h4-13,20,23-26,28-29H,14-19H2,1-3H3/t20?,23?,24-,26-/m0/s1. The summed E-state index contributed by atoms with van der Waals surface area (Å²) in [5.41, 5.74) is 3.36. The van der Waals surface area contributed by atoms with Crippen LogP contribution in [0.5, 0.6) is 0 Å². The van der Waals surface area contributed by atoms with Gasteiger partial charge in [0.2, 0.25) is 0 Å². The topological polar surface area (TPSA) is 24.1 Å². The van der Waals surface area contributed by atoms with E-state index in [4.69, 9.17) is 0 Å². The average molecular weight is 391 g/mol. The normalized spacial score (nSPS) is 26.1. The summed E-state index contributed by atoms with van der Waals surface area (Å²) in [7, 11) is 0. The third-order valence-electron chi connectivity index (χ3n) is 7.93. The zero-order chi connectivity index (χ0) is 20.3. The maximum absolute atomic E-state index is 3.79. The molecule has 2 heteroatoms. The van der Waals surface area contributed by atoms with Crippen molar-refractivity contribution in [1.29, 1.82) is 0 Å². The largest absolute Gasteiger partial charge is 0.315 e. The molecule has 0 aliphatic heterocycles. The summed E-state index contributed by atoms with van der Waals surface area (Å²) in [6, 6.07) is 22.2. The monoisotopic (exact) mass is 390 g/mol. The summed E-state index contributed by atoms with van der Waals surface area (Å²) in [5.74, 6) is 3.21. The van der Waals surface area contributed by atoms with Gasteiger partial charge in [0.1, 0.15) is 0 Å². The molecule has 0 aromatic heterocycles. The highest BCUT2D eigenvalue weighted by molar-refractivity contribution is 5.32. The molecule has 2 N–H and O–H groups in total. The Morgan fingerprint density at radius 2 is 1.52 bits per heavy atom. The molecule has 0 amide bonds. The van der Waals surface area contributed by atoms with Gasteiger partial charge in [0.25, 0.3) is 0 Å². The van der Waals surface area contributed by atoms with Gasteiger partial charge < -0.3 is 10.6 Å². The van der Waals surface area contributed by atoms with Crippen LogP contribution in [0.1, 0.15) is 57.1 Å². The lowest BCUT2D eigenvalue weighted by Crippen LogP contribution is -2.54. The second-order valence-electron chi connectivity index (χ2n) is 10.0. The van der Waals surface area contributed by atoms with Gasteiger partial charge in [-0.2, -0.15) is 0 Å². The highest BCUT2D eigenvalue weighted by atomic mass is 15.0. The molecular formula is C27H38N2. The second-order valence-corrected chi connectivity index (χ2v) is 10.0. The van der Waals surface area contributed by atoms with E-state index < -0.39 is 0 Å². The van der Waals surface area contributed by atoms with E-state index in [2.05, 4.69) is 92.1 Å². The van der Waals surface area contributed by atoms with Crippen LogP contribution in [0.3, 0.4) is 0 Å². The van der Waals surface area contributed by atoms with Crippen LogP contribution < -0.4 is 10.6 Å². The van der Waals surface area contributed by atoms with Crippen molar-refractivity contribution in [3.63, 3.8) is 0 Å². The quantitative estimate of drug-likeness (QED) is 0.594. The van der Waals surface area contributed by atoms with Crippen molar-refractivity contribution in [3.05, 3.63) is 71.8 Å². The van der Waals surface area contributed by atoms with Gasteiger partial charge in [-0.3, -0.25) is 0 Å². The molecule has 29 heavy (non-hydrogen) atoms. The molecule has 2 unspecified atom stereocenters. The number of nitrogens with one attached hydrogen (secondary N) is 2. The minimum absolute atomic E-state index is 0.394. The molecule has 0 heterocycles. The molecule has 4 atom stereocenters. The van der Waals surface area contributed by atoms with Crippen LogP contribution in [0, 0.1) is 23.2 Å². The Kier molecular flexibility index (Phi) is 6.41. The van der Waals surface area contributed by atoms with Crippen molar-refractivity contribution in [3.8, 4) is 0 Å². The Hall–Kier alpha value is -1.64. The minimum atomic E-state index is 0.394. The predicted molar refractivity (Wildman–Crippen MR) is 123 cm³/mol. The SMILES string of the molecule is CC(CNCC1CC[C@H]2C[C@@H]1C2(C)C)NCC(c1ccccc1)c1ccccc1. The van der Waals surface area contributed by atoms with Gasteiger partial charge in [-0.05, 0) is 67.0 Å². The number of hydrogen-bond acceptors (Lipinski definition) is 2. The summed E-state index contributed by atoms with van der Waals surface area (Å²) >= 11 is 0. The fourth-order valence-electron chi connectivity index (χ4n) is 5.88. The van der Waals surface area contributed by atoms with E-state index in [-0.39, 0.29) is 0 Å². The minimum Gasteiger partial charge on any atom is -0.315 e. The molecule has 3 fully saturated rings. The maximum Gasteiger partial charge on any atom is 0.0214 e. The van der Waals surface area contributed by atoms with Crippen LogP contribution in [0.25, 0.3) is 0 Å². The van der Waals surface area contributed by atoms with E-state index in [1.807, 2.05) is 0 Å². The second kappa shape index (κ2) is 9.02. The highest BCUT2D eigenvalue weighted by Gasteiger charge is 2.53. The molecular weight excluding hydrogens is 352 g/mol. The fourth-order valence-corrected chi connectivity index (χ4v) is 5.88. The number of hydrogen-bond donors (Lipinski definition) is 2. The van der Waals surface area contributed by atoms with Gasteiger partial charge in [-0.1, -0.05) is 74.5 Å². The summed E-state index contributed by atoms with van der Waals surface area (Å²) < 4.78 is 0. The summed E-state index contributed by atoms with van der Waals surface area (Å²) in [5, 5.41) is 7.58. The lowest BCUT2D eigenvalue weighted by Gasteiger charge is -2.60. The molecule has 2 aromatic rings. The summed E-state index contributed by atoms with van der Waals surface area (Å²) in [4.78, 5) is 0. The van der Waals surface area contributed by atoms with Crippen molar-refractivity contribution in [2.24, 2.45) is 23.2 Å². The predicted octanol–water partition coefficient (Wildman–Crippen LogP) is 5.46. The maximum atomic E-state index is 3.79. The number of rotatable bonds is 9. The smallest absolute Gasteiger partial charge is 0.0214 e. The molecule has 3 saturated carbocycles. The molecule has 3 aliphatic rings. The van der Waals surface area contributed by atoms with E-state index >= 15 is 0 Å². The Balaban J connectivity index is 1.27. The average Bonchev–Trinajstić information content (AvgIpc) is 2.75. The van der Waals surface area contributed by atoms with E-state index in [1.165, 1.54) is 36.9 Å². The third-order valence-corrected chi connectivity index (χ3v) is 7.93. The molecule has 5 rings (SSSR count). The molecule has 0 spiro atoms. The molecule has 156 valence electrons. The molecule has 0 saturated heterocycles. The van der Waals surface area contributed by atoms with Crippen molar-refractivity contribution < 1.29 is 0 Å². The first-order valence-electron chi connectivity index (χ1n) is 11.6. The van der Waals surface area contributed by atoms with Crippen LogP contribution in [0.15, 0.2) is 60.7 Å². The van der Waals surface area contributed by atoms with Crippen molar-refractivity contribution in [2.75, 3.05) is 19.6 Å². The van der Waals surface area contributed by atoms with Gasteiger partial charge in [0.05, 0.1) is 0 Å². The zero-order valence-corrected chi connectivity index (χ0v) is 18.4. The van der Waals surface area contributed by atoms with Gasteiger partial charge in [-0.25, -0.2) is 0 Å². The van der Waals surface area contributed by atoms with Crippen molar-refractivity contribution in [2.45, 2.75) is 52.0 Å². The van der Waals surface area contributed by atoms with E-state index in [0.717, 1.165) is 30.8 Å². The Bertz CT molecular complexity index is 713. The van der Waals surface area contributed by atoms with Crippen LogP contribution in [0.2, 0.25) is 0 Å². The molecule has 3 aliphatic carbocycles. The Morgan fingerprint density at radius 3 is 2.07 bits per heavy atom. The molecule has 0 radical (unpaired) electrons. The van der Waals surface area contributed by atoms with Gasteiger partial charge in [-0.15, -0.1) is 0 Å². The van der Waals surface area contributed by atoms with Gasteiger partial charge in [0, 0.05) is 25.0 Å². The third kappa shape index (κ3) is 4.59. The lowest BCUT2D eigenvalue weighted by atomic mass is 9.45. The Labute approximate surface area is 177 Å². The molecule has 2 nitrogen and oxygen atoms in total. The van der Waals surface area contributed by atoms with E-state index in [1.54, 1.807) is 0 Å². The first kappa shape index (κ1) is 20.6.